The molecule has 3 N–H and O–H groups in total. The van der Waals surface area contributed by atoms with Crippen molar-refractivity contribution < 1.29 is 61.8 Å². The maximum absolute atomic E-state index is 14.5. The van der Waals surface area contributed by atoms with Gasteiger partial charge in [-0.25, -0.2) is 0 Å². The van der Waals surface area contributed by atoms with Crippen LogP contribution in [0.5, 0.6) is 5.75 Å². The lowest BCUT2D eigenvalue weighted by molar-refractivity contribution is -0.151. The van der Waals surface area contributed by atoms with E-state index in [1.807, 2.05) is 167 Å². The summed E-state index contributed by atoms with van der Waals surface area (Å²) in [6.45, 7) is 46.6. The van der Waals surface area contributed by atoms with Gasteiger partial charge in [0.25, 0.3) is 11.8 Å². The Labute approximate surface area is 621 Å². The molecule has 10 atom stereocenters. The van der Waals surface area contributed by atoms with E-state index in [9.17, 15) is 43.5 Å². The summed E-state index contributed by atoms with van der Waals surface area (Å²) in [4.78, 5) is 112. The van der Waals surface area contributed by atoms with E-state index >= 15 is 0 Å². The number of carbonyl (C=O) groups excluding carboxylic acids is 8. The van der Waals surface area contributed by atoms with Crippen LogP contribution in [-0.2, 0) is 73.1 Å². The van der Waals surface area contributed by atoms with Crippen molar-refractivity contribution in [1.82, 2.24) is 20.4 Å². The molecule has 4 heterocycles. The van der Waals surface area contributed by atoms with E-state index in [-0.39, 0.29) is 107 Å². The Bertz CT molecular complexity index is 3690. The highest BCUT2D eigenvalue weighted by molar-refractivity contribution is 6.74. The minimum Gasteiger partial charge on any atom is -0.508 e. The summed E-state index contributed by atoms with van der Waals surface area (Å²) in [5, 5.41) is 16.3. The Morgan fingerprint density at radius 2 is 0.875 bits per heavy atom. The number of rotatable bonds is 26. The zero-order chi connectivity index (χ0) is 77.4. The second-order valence-electron chi connectivity index (χ2n) is 32.9. The summed E-state index contributed by atoms with van der Waals surface area (Å²) in [6.07, 6.45) is 13.2. The minimum atomic E-state index is -2.51. The molecule has 4 amide bonds. The number of esters is 2. The number of fused-ring (bicyclic) bond motifs is 4. The van der Waals surface area contributed by atoms with Crippen molar-refractivity contribution in [2.75, 3.05) is 0 Å². The van der Waals surface area contributed by atoms with Gasteiger partial charge in [-0.15, -0.1) is 0 Å². The molecule has 17 nitrogen and oxygen atoms in total. The Morgan fingerprint density at radius 3 is 1.21 bits per heavy atom. The molecule has 0 aliphatic carbocycles. The number of Topliss-reactive ketones (excluding diaryl/α,β-unsaturated/α-hetero) is 2. The highest BCUT2D eigenvalue weighted by Gasteiger charge is 2.54. The van der Waals surface area contributed by atoms with Crippen molar-refractivity contribution in [3.8, 4) is 5.75 Å². The third kappa shape index (κ3) is 19.6. The van der Waals surface area contributed by atoms with Crippen LogP contribution in [0.4, 0.5) is 0 Å². The number of ketones is 2. The Morgan fingerprint density at radius 1 is 0.538 bits per heavy atom. The largest absolute Gasteiger partial charge is 0.508 e. The predicted octanol–water partition coefficient (Wildman–Crippen LogP) is 16.4. The molecule has 104 heavy (non-hydrogen) atoms. The summed E-state index contributed by atoms with van der Waals surface area (Å²) >= 11 is 0. The van der Waals surface area contributed by atoms with E-state index in [1.54, 1.807) is 36.6 Å². The molecule has 4 aromatic carbocycles. The number of hydrogen-bond acceptors (Lipinski definition) is 13. The fraction of sp³-hybridized carbons (Fsp3) is 0.529. The van der Waals surface area contributed by atoms with Gasteiger partial charge >= 0.3 is 11.9 Å². The standard InChI is InChI=1S/C43H60N2O6Si.C42H58N2O7Si/c1-13-15-32-22-36-39(51-52(11,12)43(8,9)10)38(34-20-27(5)28(6)21-35(34)41(48)45(36)24-32)42(49)50-25-31-18-16-30(17-19-31)23-37(46)29(7)44-40(47)33(14-2)26(3)4;1-12-14-30-20-34-38(51-52(10,11)42(7,8)9)37(32-22-35(45)26(5)19-33(32)40(48)44(34)23-30)41(49)50-24-29-17-15-28(16-18-29)21-36(46)27(6)43-39(47)31(13-2)25(3)4/h13,15-21,24,26,29,33,36,38-39H,14,22-23,25H2,1-12H3,(H,44,47);12,14-19,22-23,25,27,31,34,37-38,45H,13,20-21,24H2,1-11H3,(H,43,47)/b15-13+;14-12+/t29-,33-,36-,38?,39-;27-,31-,34-,37?,38-/m00/s1. The van der Waals surface area contributed by atoms with Crippen LogP contribution >= 0.6 is 0 Å². The number of nitrogens with one attached hydrogen (secondary N) is 2. The Kier molecular flexibility index (Phi) is 27.8. The number of phenolic OH excluding ortho intramolecular Hbond substituents is 1. The number of phenols is 1. The lowest BCUT2D eigenvalue weighted by atomic mass is 9.85. The summed E-state index contributed by atoms with van der Waals surface area (Å²) in [5.41, 5.74) is 9.47. The fourth-order valence-corrected chi connectivity index (χ4v) is 16.4. The van der Waals surface area contributed by atoms with Crippen LogP contribution < -0.4 is 10.6 Å². The van der Waals surface area contributed by atoms with E-state index < -0.39 is 70.7 Å². The first-order valence-electron chi connectivity index (χ1n) is 37.4. The van der Waals surface area contributed by atoms with Crippen molar-refractivity contribution in [3.05, 3.63) is 182 Å². The van der Waals surface area contributed by atoms with Gasteiger partial charge in [0.15, 0.2) is 28.2 Å². The highest BCUT2D eigenvalue weighted by Crippen LogP contribution is 2.48. The number of carbonyl (C=O) groups is 8. The van der Waals surface area contributed by atoms with Crippen LogP contribution in [0.25, 0.3) is 0 Å². The van der Waals surface area contributed by atoms with Crippen LogP contribution in [0, 0.1) is 44.4 Å². The molecule has 2 unspecified atom stereocenters. The number of hydrogen-bond donors (Lipinski definition) is 3. The first-order valence-corrected chi connectivity index (χ1v) is 43.2. The van der Waals surface area contributed by atoms with Crippen molar-refractivity contribution >= 4 is 63.8 Å². The van der Waals surface area contributed by atoms with Crippen LogP contribution in [0.1, 0.15) is 219 Å². The van der Waals surface area contributed by atoms with Gasteiger partial charge in [0, 0.05) is 48.2 Å². The molecule has 0 fully saturated rings. The SMILES string of the molecule is C/C=C/C1=CN2C(=O)c3cc(C)c(C)cc3C(C(=O)OCc3ccc(CC(=O)[C@H](C)NC(=O)[C@@H](CC)C(C)C)cc3)[C@@H](O[Si](C)(C)C(C)(C)C)[C@@H]2C1.C/C=C/C1=CN2C(=O)c3cc(C)c(O)cc3C(C(=O)OCc3ccc(CC(=O)[C@H](C)NC(=O)[C@@H](CC)C(C)C)cc3)[C@@H](O[Si](C)(C)C(C)(C)C)[C@@H]2C1. The summed E-state index contributed by atoms with van der Waals surface area (Å²) < 4.78 is 26.4. The second-order valence-corrected chi connectivity index (χ2v) is 42.4. The predicted molar refractivity (Wildman–Crippen MR) is 416 cm³/mol. The van der Waals surface area contributed by atoms with Gasteiger partial charge < -0.3 is 43.9 Å². The number of ether oxygens (including phenoxy) is 2. The van der Waals surface area contributed by atoms with Crippen molar-refractivity contribution in [3.63, 3.8) is 0 Å². The quantitative estimate of drug-likeness (QED) is 0.0393. The molecular weight excluding hydrogens is 1340 g/mol. The summed E-state index contributed by atoms with van der Waals surface area (Å²) in [7, 11) is -4.95. The molecule has 0 saturated heterocycles. The summed E-state index contributed by atoms with van der Waals surface area (Å²) in [5.74, 6) is -3.41. The zero-order valence-electron chi connectivity index (χ0n) is 66.2. The van der Waals surface area contributed by atoms with Crippen molar-refractivity contribution in [2.24, 2.45) is 23.7 Å². The number of nitrogens with zero attached hydrogens (tertiary/aromatic N) is 2. The normalized spacial score (nSPS) is 20.2. The molecule has 0 radical (unpaired) electrons. The molecule has 19 heteroatoms. The van der Waals surface area contributed by atoms with Crippen LogP contribution in [0.3, 0.4) is 0 Å². The van der Waals surface area contributed by atoms with Crippen LogP contribution in [0.15, 0.2) is 121 Å². The number of allylic oxidation sites excluding steroid dienone is 4. The van der Waals surface area contributed by atoms with Crippen molar-refractivity contribution in [2.45, 2.75) is 268 Å². The van der Waals surface area contributed by atoms with E-state index in [1.165, 1.54) is 6.07 Å². The van der Waals surface area contributed by atoms with Crippen molar-refractivity contribution in [1.29, 1.82) is 0 Å². The second kappa shape index (κ2) is 34.6. The van der Waals surface area contributed by atoms with Gasteiger partial charge in [-0.1, -0.05) is 162 Å². The fourth-order valence-electron chi connectivity index (χ4n) is 13.7. The third-order valence-corrected chi connectivity index (χ3v) is 31.4. The maximum Gasteiger partial charge on any atom is 0.316 e. The average Bonchev–Trinajstić information content (AvgIpc) is 1.59. The molecule has 4 aliphatic rings. The Balaban J connectivity index is 0.000000291. The van der Waals surface area contributed by atoms with Gasteiger partial charge in [0.2, 0.25) is 11.8 Å². The lowest BCUT2D eigenvalue weighted by Gasteiger charge is -2.43. The molecule has 0 saturated carbocycles. The average molecular weight is 1460 g/mol. The smallest absolute Gasteiger partial charge is 0.316 e. The molecule has 0 aromatic heterocycles. The molecule has 0 spiro atoms. The van der Waals surface area contributed by atoms with Gasteiger partial charge in [-0.05, 0) is 202 Å². The minimum absolute atomic E-state index is 0.00763. The van der Waals surface area contributed by atoms with Gasteiger partial charge in [-0.2, -0.15) is 0 Å². The third-order valence-electron chi connectivity index (χ3n) is 22.4. The summed E-state index contributed by atoms with van der Waals surface area (Å²) in [6, 6.07) is 19.7. The first kappa shape index (κ1) is 83.4. The molecule has 4 aromatic rings. The molecule has 564 valence electrons. The van der Waals surface area contributed by atoms with E-state index in [2.05, 4.69) is 78.4 Å². The number of aromatic hydroxyl groups is 1. The molecule has 4 aliphatic heterocycles. The number of amides is 4. The maximum atomic E-state index is 14.5. The lowest BCUT2D eigenvalue weighted by Crippen LogP contribution is -2.52. The monoisotopic (exact) mass is 1460 g/mol. The first-order chi connectivity index (χ1) is 48.6. The topological polar surface area (TPSA) is 224 Å². The van der Waals surface area contributed by atoms with Gasteiger partial charge in [0.1, 0.15) is 30.8 Å². The van der Waals surface area contributed by atoms with E-state index in [4.69, 9.17) is 18.3 Å². The van der Waals surface area contributed by atoms with Gasteiger partial charge in [-0.3, -0.25) is 38.4 Å². The Hall–Kier alpha value is -7.85. The molecule has 8 rings (SSSR count). The van der Waals surface area contributed by atoms with Crippen LogP contribution in [0.2, 0.25) is 36.3 Å². The highest BCUT2D eigenvalue weighted by atomic mass is 28.4. The van der Waals surface area contributed by atoms with Crippen LogP contribution in [-0.4, -0.2) is 115 Å². The van der Waals surface area contributed by atoms with E-state index in [0.717, 1.165) is 50.9 Å². The van der Waals surface area contributed by atoms with E-state index in [0.29, 0.717) is 47.1 Å². The molecule has 0 bridgehead atoms. The van der Waals surface area contributed by atoms with Gasteiger partial charge in [0.05, 0.1) is 36.4 Å². The number of aryl methyl sites for hydroxylation is 3. The number of benzene rings is 4. The zero-order valence-corrected chi connectivity index (χ0v) is 68.2. The molecular formula is C85H118N4O13Si2.